The summed E-state index contributed by atoms with van der Waals surface area (Å²) in [5, 5.41) is 10.8. The van der Waals surface area contributed by atoms with Crippen LogP contribution in [0, 0.1) is 17.0 Å². The fourth-order valence-corrected chi connectivity index (χ4v) is 3.24. The van der Waals surface area contributed by atoms with Crippen LogP contribution in [0.5, 0.6) is 0 Å². The van der Waals surface area contributed by atoms with E-state index in [9.17, 15) is 18.5 Å². The van der Waals surface area contributed by atoms with E-state index in [-0.39, 0.29) is 26.7 Å². The standard InChI is InChI=1S/C8H10N2O4S2/c1-4-3-5(9)8(16(2,13)14)7(15)6(4)10(11)12/h3,15H,9H2,1-2H3. The summed E-state index contributed by atoms with van der Waals surface area (Å²) < 4.78 is 22.8. The lowest BCUT2D eigenvalue weighted by molar-refractivity contribution is -0.388. The number of nitrogen functional groups attached to an aromatic ring is 1. The number of thiol groups is 1. The smallest absolute Gasteiger partial charge is 0.286 e. The molecule has 0 heterocycles. The summed E-state index contributed by atoms with van der Waals surface area (Å²) in [5.41, 5.74) is 5.44. The van der Waals surface area contributed by atoms with Gasteiger partial charge in [0.15, 0.2) is 9.84 Å². The van der Waals surface area contributed by atoms with Crippen molar-refractivity contribution in [3.63, 3.8) is 0 Å². The molecule has 0 saturated carbocycles. The number of hydrogen-bond acceptors (Lipinski definition) is 6. The minimum Gasteiger partial charge on any atom is -0.398 e. The number of nitro benzene ring substituents is 1. The van der Waals surface area contributed by atoms with Crippen molar-refractivity contribution in [3.8, 4) is 0 Å². The molecule has 0 bridgehead atoms. The van der Waals surface area contributed by atoms with Gasteiger partial charge in [-0.25, -0.2) is 8.42 Å². The first-order chi connectivity index (χ1) is 7.16. The molecule has 0 aliphatic carbocycles. The van der Waals surface area contributed by atoms with Crippen molar-refractivity contribution in [1.82, 2.24) is 0 Å². The lowest BCUT2D eigenvalue weighted by Crippen LogP contribution is -2.07. The SMILES string of the molecule is Cc1cc(N)c(S(C)(=O)=O)c(S)c1[N+](=O)[O-]. The van der Waals surface area contributed by atoms with E-state index in [0.29, 0.717) is 0 Å². The van der Waals surface area contributed by atoms with Crippen LogP contribution in [0.1, 0.15) is 5.56 Å². The molecule has 8 heteroatoms. The Morgan fingerprint density at radius 3 is 2.38 bits per heavy atom. The third-order valence-corrected chi connectivity index (χ3v) is 3.77. The van der Waals surface area contributed by atoms with Crippen molar-refractivity contribution < 1.29 is 13.3 Å². The molecule has 0 aromatic heterocycles. The second-order valence-corrected chi connectivity index (χ2v) is 5.74. The number of benzene rings is 1. The molecular weight excluding hydrogens is 252 g/mol. The second kappa shape index (κ2) is 3.95. The highest BCUT2D eigenvalue weighted by molar-refractivity contribution is 7.91. The zero-order valence-corrected chi connectivity index (χ0v) is 10.3. The predicted octanol–water partition coefficient (Wildman–Crippen LogP) is 1.18. The van der Waals surface area contributed by atoms with Gasteiger partial charge in [0.1, 0.15) is 9.79 Å². The van der Waals surface area contributed by atoms with Crippen molar-refractivity contribution in [2.45, 2.75) is 16.7 Å². The van der Waals surface area contributed by atoms with E-state index in [1.165, 1.54) is 13.0 Å². The first-order valence-electron chi connectivity index (χ1n) is 4.12. The van der Waals surface area contributed by atoms with Gasteiger partial charge in [-0.05, 0) is 13.0 Å². The van der Waals surface area contributed by atoms with Gasteiger partial charge in [-0.15, -0.1) is 12.6 Å². The molecule has 0 fully saturated rings. The van der Waals surface area contributed by atoms with Gasteiger partial charge in [-0.2, -0.15) is 0 Å². The van der Waals surface area contributed by atoms with Crippen LogP contribution in [0.2, 0.25) is 0 Å². The third kappa shape index (κ3) is 2.12. The molecule has 88 valence electrons. The molecule has 1 aromatic carbocycles. The Hall–Kier alpha value is -1.28. The molecule has 0 radical (unpaired) electrons. The molecule has 0 atom stereocenters. The highest BCUT2D eigenvalue weighted by Gasteiger charge is 2.26. The van der Waals surface area contributed by atoms with E-state index in [1.54, 1.807) is 0 Å². The van der Waals surface area contributed by atoms with Crippen LogP contribution in [0.3, 0.4) is 0 Å². The number of nitrogens with two attached hydrogens (primary N) is 1. The number of anilines is 1. The fourth-order valence-electron chi connectivity index (χ4n) is 1.42. The quantitative estimate of drug-likeness (QED) is 0.360. The average molecular weight is 262 g/mol. The molecule has 0 aliphatic rings. The fraction of sp³-hybridized carbons (Fsp3) is 0.250. The summed E-state index contributed by atoms with van der Waals surface area (Å²) in [5.74, 6) is 0. The summed E-state index contributed by atoms with van der Waals surface area (Å²) in [6.45, 7) is 1.47. The Labute approximate surface area is 97.9 Å². The van der Waals surface area contributed by atoms with Gasteiger partial charge in [0.05, 0.1) is 10.6 Å². The summed E-state index contributed by atoms with van der Waals surface area (Å²) in [4.78, 5) is 9.56. The van der Waals surface area contributed by atoms with Gasteiger partial charge >= 0.3 is 0 Å². The van der Waals surface area contributed by atoms with E-state index in [2.05, 4.69) is 12.6 Å². The van der Waals surface area contributed by atoms with Gasteiger partial charge in [0.25, 0.3) is 5.69 Å². The van der Waals surface area contributed by atoms with Crippen molar-refractivity contribution in [3.05, 3.63) is 21.7 Å². The topological polar surface area (TPSA) is 103 Å². The normalized spacial score (nSPS) is 11.4. The maximum Gasteiger partial charge on any atom is 0.286 e. The first-order valence-corrected chi connectivity index (χ1v) is 6.46. The maximum absolute atomic E-state index is 11.4. The molecule has 0 spiro atoms. The summed E-state index contributed by atoms with van der Waals surface area (Å²) in [6.07, 6.45) is 0.928. The van der Waals surface area contributed by atoms with E-state index < -0.39 is 14.8 Å². The van der Waals surface area contributed by atoms with Crippen LogP contribution in [0.25, 0.3) is 0 Å². The van der Waals surface area contributed by atoms with Crippen LogP contribution in [0.15, 0.2) is 15.9 Å². The van der Waals surface area contributed by atoms with E-state index >= 15 is 0 Å². The molecule has 6 nitrogen and oxygen atoms in total. The summed E-state index contributed by atoms with van der Waals surface area (Å²) >= 11 is 3.88. The number of nitrogens with zero attached hydrogens (tertiary/aromatic N) is 1. The van der Waals surface area contributed by atoms with E-state index in [0.717, 1.165) is 6.26 Å². The van der Waals surface area contributed by atoms with Crippen LogP contribution in [-0.2, 0) is 9.84 Å². The summed E-state index contributed by atoms with van der Waals surface area (Å²) in [6, 6.07) is 1.26. The number of rotatable bonds is 2. The number of hydrogen-bond donors (Lipinski definition) is 2. The lowest BCUT2D eigenvalue weighted by Gasteiger charge is -2.09. The molecule has 1 rings (SSSR count). The Morgan fingerprint density at radius 2 is 2.00 bits per heavy atom. The van der Waals surface area contributed by atoms with Gasteiger partial charge in [0.2, 0.25) is 0 Å². The molecule has 1 aromatic rings. The van der Waals surface area contributed by atoms with Crippen LogP contribution in [-0.4, -0.2) is 19.6 Å². The second-order valence-electron chi connectivity index (χ2n) is 3.34. The number of aryl methyl sites for hydroxylation is 1. The molecular formula is C8H10N2O4S2. The van der Waals surface area contributed by atoms with E-state index in [1.807, 2.05) is 0 Å². The average Bonchev–Trinajstić information content (AvgIpc) is 1.97. The van der Waals surface area contributed by atoms with Crippen LogP contribution >= 0.6 is 12.6 Å². The largest absolute Gasteiger partial charge is 0.398 e. The van der Waals surface area contributed by atoms with Crippen molar-refractivity contribution in [2.75, 3.05) is 12.0 Å². The van der Waals surface area contributed by atoms with Gasteiger partial charge in [-0.3, -0.25) is 10.1 Å². The van der Waals surface area contributed by atoms with Crippen molar-refractivity contribution in [2.24, 2.45) is 0 Å². The van der Waals surface area contributed by atoms with Crippen LogP contribution < -0.4 is 5.73 Å². The Bertz CT molecular complexity index is 566. The molecule has 0 saturated heterocycles. The van der Waals surface area contributed by atoms with Crippen molar-refractivity contribution in [1.29, 1.82) is 0 Å². The molecule has 0 unspecified atom stereocenters. The maximum atomic E-state index is 11.4. The molecule has 0 aliphatic heterocycles. The molecule has 0 amide bonds. The number of nitro groups is 1. The number of sulfone groups is 1. The van der Waals surface area contributed by atoms with E-state index in [4.69, 9.17) is 5.73 Å². The minimum atomic E-state index is -3.64. The molecule has 16 heavy (non-hydrogen) atoms. The Morgan fingerprint density at radius 1 is 1.50 bits per heavy atom. The zero-order chi connectivity index (χ0) is 12.7. The Balaban J connectivity index is 3.79. The minimum absolute atomic E-state index is 0.0319. The van der Waals surface area contributed by atoms with Crippen LogP contribution in [0.4, 0.5) is 11.4 Å². The van der Waals surface area contributed by atoms with Gasteiger partial charge < -0.3 is 5.73 Å². The predicted molar refractivity (Wildman–Crippen MR) is 62.6 cm³/mol. The highest BCUT2D eigenvalue weighted by atomic mass is 32.2. The monoisotopic (exact) mass is 262 g/mol. The van der Waals surface area contributed by atoms with Gasteiger partial charge in [0, 0.05) is 11.8 Å². The van der Waals surface area contributed by atoms with Gasteiger partial charge in [-0.1, -0.05) is 0 Å². The summed E-state index contributed by atoms with van der Waals surface area (Å²) in [7, 11) is -3.64. The first kappa shape index (κ1) is 12.8. The highest BCUT2D eigenvalue weighted by Crippen LogP contribution is 2.36. The third-order valence-electron chi connectivity index (χ3n) is 2.00. The van der Waals surface area contributed by atoms with Crippen molar-refractivity contribution >= 4 is 33.8 Å². The zero-order valence-electron chi connectivity index (χ0n) is 8.59. The molecule has 2 N–H and O–H groups in total. The lowest BCUT2D eigenvalue weighted by atomic mass is 10.2. The Kier molecular flexibility index (Phi) is 3.15.